The molecule has 1 aromatic heterocycles. The second-order valence-electron chi connectivity index (χ2n) is 16.6. The lowest BCUT2D eigenvalue weighted by molar-refractivity contribution is -0.139. The SMILES string of the molecule is Nc1ccc(Oc2ccc(-c3nc(-c4ccc(C5c6c(ccc7ccccc67)Oc6ccc7ccccc7c65)cc4)[nH]c3-c3ccc(Oc4ccc(N)cc4C(F)(F)F)cc3)cc2)c(C(F)(F)F)c1. The van der Waals surface area contributed by atoms with Gasteiger partial charge in [0, 0.05) is 45.1 Å². The standard InChI is InChI=1S/C56H36F6N4O3/c57-55(58,59)43-29-37(63)19-27-45(43)67-39-21-13-34(14-22-39)52-53(35-15-23-40(24-16-35)68-46-28-20-38(64)30-44(46)56(60,61)62)66-54(65-52)36-11-9-33(10-12-36)49-50-41-7-3-1-5-31(41)17-25-47(50)69-48-26-18-32-6-2-4-8-42(32)51(48)49/h1-30,49H,63-64H2,(H,65,66). The summed E-state index contributed by atoms with van der Waals surface area (Å²) in [6.07, 6.45) is -9.41. The van der Waals surface area contributed by atoms with E-state index in [9.17, 15) is 26.3 Å². The van der Waals surface area contributed by atoms with E-state index in [1.807, 2.05) is 48.5 Å². The van der Waals surface area contributed by atoms with Crippen LogP contribution in [0.15, 0.2) is 182 Å². The van der Waals surface area contributed by atoms with Gasteiger partial charge in [-0.1, -0.05) is 84.9 Å². The van der Waals surface area contributed by atoms with E-state index >= 15 is 0 Å². The number of benzene rings is 9. The molecule has 1 aliphatic heterocycles. The summed E-state index contributed by atoms with van der Waals surface area (Å²) in [5.41, 5.74) is 15.4. The fourth-order valence-electron chi connectivity index (χ4n) is 9.02. The lowest BCUT2D eigenvalue weighted by atomic mass is 9.78. The van der Waals surface area contributed by atoms with E-state index in [-0.39, 0.29) is 28.8 Å². The Balaban J connectivity index is 0.985. The van der Waals surface area contributed by atoms with Crippen LogP contribution in [0.25, 0.3) is 55.4 Å². The van der Waals surface area contributed by atoms with Gasteiger partial charge in [-0.2, -0.15) is 26.3 Å². The molecule has 7 nitrogen and oxygen atoms in total. The van der Waals surface area contributed by atoms with Crippen molar-refractivity contribution < 1.29 is 40.6 Å². The summed E-state index contributed by atoms with van der Waals surface area (Å²) in [7, 11) is 0. The minimum Gasteiger partial charge on any atom is -0.457 e. The Morgan fingerprint density at radius 1 is 0.493 bits per heavy atom. The smallest absolute Gasteiger partial charge is 0.420 e. The van der Waals surface area contributed by atoms with Crippen molar-refractivity contribution in [3.63, 3.8) is 0 Å². The molecule has 0 fully saturated rings. The van der Waals surface area contributed by atoms with Gasteiger partial charge in [-0.15, -0.1) is 0 Å². The summed E-state index contributed by atoms with van der Waals surface area (Å²) >= 11 is 0. The average molecular weight is 927 g/mol. The normalized spacial score (nSPS) is 12.7. The number of rotatable bonds is 8. The van der Waals surface area contributed by atoms with Crippen molar-refractivity contribution in [2.24, 2.45) is 0 Å². The molecular formula is C56H36F6N4O3. The first kappa shape index (κ1) is 42.9. The van der Waals surface area contributed by atoms with Gasteiger partial charge in [0.05, 0.1) is 11.4 Å². The molecule has 1 aliphatic rings. The largest absolute Gasteiger partial charge is 0.457 e. The molecule has 5 N–H and O–H groups in total. The van der Waals surface area contributed by atoms with Crippen molar-refractivity contribution in [1.29, 1.82) is 0 Å². The molecule has 0 amide bonds. The van der Waals surface area contributed by atoms with Crippen LogP contribution >= 0.6 is 0 Å². The monoisotopic (exact) mass is 926 g/mol. The maximum Gasteiger partial charge on any atom is 0.420 e. The highest BCUT2D eigenvalue weighted by atomic mass is 19.4. The number of anilines is 2. The van der Waals surface area contributed by atoms with Gasteiger partial charge < -0.3 is 30.7 Å². The molecule has 9 aromatic carbocycles. The van der Waals surface area contributed by atoms with Crippen LogP contribution in [0.1, 0.15) is 33.7 Å². The molecule has 0 saturated carbocycles. The third-order valence-corrected chi connectivity index (χ3v) is 12.2. The summed E-state index contributed by atoms with van der Waals surface area (Å²) in [5.74, 6) is 1.34. The first-order valence-electron chi connectivity index (χ1n) is 21.7. The average Bonchev–Trinajstić information content (AvgIpc) is 3.80. The summed E-state index contributed by atoms with van der Waals surface area (Å²) in [5, 5.41) is 4.35. The van der Waals surface area contributed by atoms with Crippen LogP contribution in [0.5, 0.6) is 34.5 Å². The second-order valence-corrected chi connectivity index (χ2v) is 16.6. The Kier molecular flexibility index (Phi) is 10.3. The van der Waals surface area contributed by atoms with E-state index in [0.29, 0.717) is 28.3 Å². The Morgan fingerprint density at radius 2 is 0.957 bits per heavy atom. The zero-order valence-electron chi connectivity index (χ0n) is 36.0. The van der Waals surface area contributed by atoms with Gasteiger partial charge in [-0.25, -0.2) is 4.98 Å². The zero-order chi connectivity index (χ0) is 47.6. The number of nitrogen functional groups attached to an aromatic ring is 2. The van der Waals surface area contributed by atoms with Crippen LogP contribution in [-0.4, -0.2) is 9.97 Å². The molecule has 0 radical (unpaired) electrons. The molecule has 2 heterocycles. The predicted octanol–water partition coefficient (Wildman–Crippen LogP) is 15.8. The Hall–Kier alpha value is -8.71. The minimum atomic E-state index is -4.71. The van der Waals surface area contributed by atoms with Crippen molar-refractivity contribution >= 4 is 32.9 Å². The van der Waals surface area contributed by atoms with Crippen molar-refractivity contribution in [2.75, 3.05) is 11.5 Å². The number of alkyl halides is 6. The number of hydrogen-bond donors (Lipinski definition) is 3. The number of hydrogen-bond acceptors (Lipinski definition) is 6. The summed E-state index contributed by atoms with van der Waals surface area (Å²) in [6.45, 7) is 0. The lowest BCUT2D eigenvalue weighted by Gasteiger charge is -2.31. The van der Waals surface area contributed by atoms with Gasteiger partial charge in [0.1, 0.15) is 51.4 Å². The van der Waals surface area contributed by atoms with E-state index in [1.165, 1.54) is 36.4 Å². The van der Waals surface area contributed by atoms with Crippen molar-refractivity contribution in [2.45, 2.75) is 18.3 Å². The zero-order valence-corrected chi connectivity index (χ0v) is 36.0. The number of aromatic nitrogens is 2. The lowest BCUT2D eigenvalue weighted by Crippen LogP contribution is -2.13. The molecule has 0 atom stereocenters. The van der Waals surface area contributed by atoms with Crippen LogP contribution in [0.3, 0.4) is 0 Å². The number of aromatic amines is 1. The van der Waals surface area contributed by atoms with E-state index in [2.05, 4.69) is 53.5 Å². The predicted molar refractivity (Wildman–Crippen MR) is 256 cm³/mol. The quantitative estimate of drug-likeness (QED) is 0.103. The van der Waals surface area contributed by atoms with Crippen molar-refractivity contribution in [3.05, 3.63) is 210 Å². The minimum absolute atomic E-state index is 0.0559. The number of nitrogens with two attached hydrogens (primary N) is 2. The number of ether oxygens (including phenoxy) is 3. The van der Waals surface area contributed by atoms with Crippen LogP contribution in [0.2, 0.25) is 0 Å². The van der Waals surface area contributed by atoms with E-state index < -0.39 is 35.0 Å². The molecule has 69 heavy (non-hydrogen) atoms. The van der Waals surface area contributed by atoms with Crippen LogP contribution in [0, 0.1) is 0 Å². The third-order valence-electron chi connectivity index (χ3n) is 12.2. The highest BCUT2D eigenvalue weighted by Gasteiger charge is 2.36. The van der Waals surface area contributed by atoms with Crippen LogP contribution < -0.4 is 25.7 Å². The van der Waals surface area contributed by atoms with Gasteiger partial charge in [0.25, 0.3) is 0 Å². The molecular weight excluding hydrogens is 891 g/mol. The summed E-state index contributed by atoms with van der Waals surface area (Å²) < 4.78 is 102. The van der Waals surface area contributed by atoms with Gasteiger partial charge in [-0.3, -0.25) is 0 Å². The molecule has 340 valence electrons. The summed E-state index contributed by atoms with van der Waals surface area (Å²) in [4.78, 5) is 8.56. The number of fused-ring (bicyclic) bond motifs is 6. The fourth-order valence-corrected chi connectivity index (χ4v) is 9.02. The molecule has 0 unspecified atom stereocenters. The fraction of sp³-hybridized carbons (Fsp3) is 0.0536. The van der Waals surface area contributed by atoms with Crippen LogP contribution in [-0.2, 0) is 12.4 Å². The van der Waals surface area contributed by atoms with E-state index in [4.69, 9.17) is 30.7 Å². The Morgan fingerprint density at radius 3 is 1.45 bits per heavy atom. The topological polar surface area (TPSA) is 108 Å². The highest BCUT2D eigenvalue weighted by molar-refractivity contribution is 5.95. The van der Waals surface area contributed by atoms with E-state index in [1.54, 1.807) is 36.4 Å². The van der Waals surface area contributed by atoms with Gasteiger partial charge in [-0.05, 0) is 124 Å². The van der Waals surface area contributed by atoms with Gasteiger partial charge in [0.15, 0.2) is 0 Å². The van der Waals surface area contributed by atoms with Crippen molar-refractivity contribution in [3.8, 4) is 68.4 Å². The van der Waals surface area contributed by atoms with Gasteiger partial charge >= 0.3 is 12.4 Å². The number of nitrogens with zero attached hydrogens (tertiary/aromatic N) is 1. The van der Waals surface area contributed by atoms with Crippen molar-refractivity contribution in [1.82, 2.24) is 9.97 Å². The number of H-pyrrole nitrogens is 1. The highest BCUT2D eigenvalue weighted by Crippen LogP contribution is 2.52. The third kappa shape index (κ3) is 8.07. The van der Waals surface area contributed by atoms with E-state index in [0.717, 1.165) is 67.4 Å². The molecule has 0 spiro atoms. The summed E-state index contributed by atoms with van der Waals surface area (Å²) in [6, 6.07) is 52.4. The molecule has 0 aliphatic carbocycles. The molecule has 13 heteroatoms. The Labute approximate surface area is 390 Å². The van der Waals surface area contributed by atoms with Gasteiger partial charge in [0.2, 0.25) is 0 Å². The first-order chi connectivity index (χ1) is 33.2. The number of imidazole rings is 1. The molecule has 10 aromatic rings. The first-order valence-corrected chi connectivity index (χ1v) is 21.7. The maximum absolute atomic E-state index is 13.9. The number of halogens is 6. The number of nitrogens with one attached hydrogen (secondary N) is 1. The van der Waals surface area contributed by atoms with Crippen LogP contribution in [0.4, 0.5) is 37.7 Å². The molecule has 11 rings (SSSR count). The Bertz CT molecular complexity index is 3380. The second kappa shape index (κ2) is 16.6. The molecule has 0 bridgehead atoms. The molecule has 0 saturated heterocycles. The maximum atomic E-state index is 13.9.